The lowest BCUT2D eigenvalue weighted by Gasteiger charge is -2.28. The molecule has 9 nitrogen and oxygen atoms in total. The largest absolute Gasteiger partial charge is 0.756 e. The summed E-state index contributed by atoms with van der Waals surface area (Å²) in [5, 5.41) is 0. The first-order valence-electron chi connectivity index (χ1n) is 16.2. The van der Waals surface area contributed by atoms with Crippen molar-refractivity contribution < 1.29 is 42.1 Å². The van der Waals surface area contributed by atoms with Crippen LogP contribution in [0.25, 0.3) is 0 Å². The van der Waals surface area contributed by atoms with Crippen LogP contribution in [0, 0.1) is 0 Å². The molecule has 0 bridgehead atoms. The second-order valence-electron chi connectivity index (χ2n) is 12.2. The van der Waals surface area contributed by atoms with Crippen molar-refractivity contribution in [3.05, 3.63) is 0 Å². The van der Waals surface area contributed by atoms with E-state index in [1.54, 1.807) is 0 Å². The van der Waals surface area contributed by atoms with Crippen LogP contribution in [0.3, 0.4) is 0 Å². The maximum Gasteiger partial charge on any atom is 0.306 e. The molecule has 0 aromatic rings. The molecule has 0 saturated heterocycles. The van der Waals surface area contributed by atoms with Gasteiger partial charge in [0.05, 0.1) is 27.7 Å². The standard InChI is InChI=1S/C31H62NO8P/c1-6-8-10-12-14-15-16-18-19-21-23-30(33)37-27-29(28-39-41(35,36)38-26-25-32(3,4)5)40-31(34)24-22-20-17-13-11-9-7-2/h29H,6-28H2,1-5H3. The van der Waals surface area contributed by atoms with Crippen molar-refractivity contribution in [3.63, 3.8) is 0 Å². The number of nitrogens with zero attached hydrogens (tertiary/aromatic N) is 1. The van der Waals surface area contributed by atoms with E-state index < -0.39 is 26.5 Å². The van der Waals surface area contributed by atoms with Crippen LogP contribution in [0.4, 0.5) is 0 Å². The summed E-state index contributed by atoms with van der Waals surface area (Å²) in [6.07, 6.45) is 18.7. The fourth-order valence-electron chi connectivity index (χ4n) is 4.24. The second kappa shape index (κ2) is 25.5. The first kappa shape index (κ1) is 40.0. The molecule has 2 unspecified atom stereocenters. The molecule has 0 N–H and O–H groups in total. The number of carbonyl (C=O) groups is 2. The highest BCUT2D eigenvalue weighted by Gasteiger charge is 2.21. The summed E-state index contributed by atoms with van der Waals surface area (Å²) in [5.41, 5.74) is 0. The van der Waals surface area contributed by atoms with Crippen molar-refractivity contribution in [2.75, 3.05) is 47.5 Å². The monoisotopic (exact) mass is 607 g/mol. The number of carbonyl (C=O) groups excluding carboxylic acids is 2. The van der Waals surface area contributed by atoms with Crippen LogP contribution in [0.15, 0.2) is 0 Å². The number of phosphoric ester groups is 1. The van der Waals surface area contributed by atoms with Crippen molar-refractivity contribution >= 4 is 19.8 Å². The van der Waals surface area contributed by atoms with Gasteiger partial charge in [-0.1, -0.05) is 110 Å². The van der Waals surface area contributed by atoms with Gasteiger partial charge in [-0.2, -0.15) is 0 Å². The van der Waals surface area contributed by atoms with E-state index in [4.69, 9.17) is 18.5 Å². The fourth-order valence-corrected chi connectivity index (χ4v) is 4.97. The van der Waals surface area contributed by atoms with Gasteiger partial charge in [-0.25, -0.2) is 0 Å². The maximum absolute atomic E-state index is 12.4. The Bertz CT molecular complexity index is 698. The summed E-state index contributed by atoms with van der Waals surface area (Å²) in [4.78, 5) is 36.9. The zero-order chi connectivity index (χ0) is 30.8. The van der Waals surface area contributed by atoms with Crippen LogP contribution in [-0.2, 0) is 32.7 Å². The lowest BCUT2D eigenvalue weighted by molar-refractivity contribution is -0.870. The van der Waals surface area contributed by atoms with E-state index in [0.29, 0.717) is 17.4 Å². The Hall–Kier alpha value is -0.990. The number of hydrogen-bond donors (Lipinski definition) is 0. The normalized spacial score (nSPS) is 14.0. The molecule has 0 aromatic heterocycles. The lowest BCUT2D eigenvalue weighted by Crippen LogP contribution is -2.37. The van der Waals surface area contributed by atoms with Crippen molar-refractivity contribution in [1.82, 2.24) is 0 Å². The van der Waals surface area contributed by atoms with E-state index in [1.807, 2.05) is 21.1 Å². The predicted octanol–water partition coefficient (Wildman–Crippen LogP) is 7.10. The summed E-state index contributed by atoms with van der Waals surface area (Å²) in [6.45, 7) is 4.13. The summed E-state index contributed by atoms with van der Waals surface area (Å²) in [6, 6.07) is 0. The van der Waals surface area contributed by atoms with Crippen LogP contribution in [0.1, 0.15) is 136 Å². The first-order chi connectivity index (χ1) is 19.5. The zero-order valence-corrected chi connectivity index (χ0v) is 27.9. The Morgan fingerprint density at radius 3 is 1.56 bits per heavy atom. The molecule has 0 heterocycles. The highest BCUT2D eigenvalue weighted by atomic mass is 31.2. The minimum absolute atomic E-state index is 0.0270. The van der Waals surface area contributed by atoms with E-state index in [2.05, 4.69) is 13.8 Å². The Morgan fingerprint density at radius 2 is 1.10 bits per heavy atom. The Labute approximate surface area is 251 Å². The number of ether oxygens (including phenoxy) is 2. The molecular formula is C31H62NO8P. The number of hydrogen-bond acceptors (Lipinski definition) is 8. The molecule has 0 spiro atoms. The van der Waals surface area contributed by atoms with Gasteiger partial charge < -0.3 is 27.9 Å². The van der Waals surface area contributed by atoms with E-state index in [-0.39, 0.29) is 32.0 Å². The minimum Gasteiger partial charge on any atom is -0.756 e. The van der Waals surface area contributed by atoms with Crippen LogP contribution in [-0.4, -0.2) is 70.0 Å². The van der Waals surface area contributed by atoms with Gasteiger partial charge in [-0.05, 0) is 12.8 Å². The quantitative estimate of drug-likeness (QED) is 0.0383. The van der Waals surface area contributed by atoms with Gasteiger partial charge in [0.25, 0.3) is 7.82 Å². The number of unbranched alkanes of at least 4 members (excludes halogenated alkanes) is 15. The highest BCUT2D eigenvalue weighted by molar-refractivity contribution is 7.45. The molecule has 0 saturated carbocycles. The molecule has 0 aromatic carbocycles. The lowest BCUT2D eigenvalue weighted by atomic mass is 10.1. The van der Waals surface area contributed by atoms with E-state index >= 15 is 0 Å². The van der Waals surface area contributed by atoms with Gasteiger partial charge in [0.15, 0.2) is 6.10 Å². The third-order valence-corrected chi connectivity index (χ3v) is 7.84. The predicted molar refractivity (Wildman–Crippen MR) is 162 cm³/mol. The van der Waals surface area contributed by atoms with Gasteiger partial charge in [0, 0.05) is 12.8 Å². The molecule has 0 radical (unpaired) electrons. The van der Waals surface area contributed by atoms with Gasteiger partial charge in [-0.3, -0.25) is 14.2 Å². The first-order valence-corrected chi connectivity index (χ1v) is 17.7. The minimum atomic E-state index is -4.59. The molecule has 244 valence electrons. The van der Waals surface area contributed by atoms with Gasteiger partial charge >= 0.3 is 11.9 Å². The Morgan fingerprint density at radius 1 is 0.659 bits per heavy atom. The zero-order valence-electron chi connectivity index (χ0n) is 27.0. The van der Waals surface area contributed by atoms with Crippen LogP contribution in [0.2, 0.25) is 0 Å². The molecule has 0 aliphatic carbocycles. The van der Waals surface area contributed by atoms with Crippen molar-refractivity contribution in [1.29, 1.82) is 0 Å². The summed E-state index contributed by atoms with van der Waals surface area (Å²) in [7, 11) is 1.17. The van der Waals surface area contributed by atoms with Crippen LogP contribution in [0.5, 0.6) is 0 Å². The third kappa shape index (κ3) is 28.9. The topological polar surface area (TPSA) is 111 Å². The van der Waals surface area contributed by atoms with Gasteiger partial charge in [0.2, 0.25) is 0 Å². The van der Waals surface area contributed by atoms with E-state index in [0.717, 1.165) is 38.5 Å². The van der Waals surface area contributed by atoms with Crippen molar-refractivity contribution in [3.8, 4) is 0 Å². The smallest absolute Gasteiger partial charge is 0.306 e. The summed E-state index contributed by atoms with van der Waals surface area (Å²) in [5.74, 6) is -0.841. The second-order valence-corrected chi connectivity index (χ2v) is 13.6. The van der Waals surface area contributed by atoms with Crippen molar-refractivity contribution in [2.24, 2.45) is 0 Å². The average molecular weight is 608 g/mol. The fraction of sp³-hybridized carbons (Fsp3) is 0.935. The molecule has 0 aliphatic rings. The third-order valence-electron chi connectivity index (χ3n) is 6.88. The molecule has 0 rings (SSSR count). The van der Waals surface area contributed by atoms with Gasteiger partial charge in [-0.15, -0.1) is 0 Å². The Kier molecular flexibility index (Phi) is 24.9. The molecule has 10 heteroatoms. The maximum atomic E-state index is 12.4. The number of quaternary nitrogens is 1. The van der Waals surface area contributed by atoms with Crippen LogP contribution >= 0.6 is 7.82 Å². The molecule has 2 atom stereocenters. The Balaban J connectivity index is 4.49. The molecule has 0 amide bonds. The highest BCUT2D eigenvalue weighted by Crippen LogP contribution is 2.38. The molecule has 0 aliphatic heterocycles. The number of esters is 2. The number of likely N-dealkylation sites (N-methyl/N-ethyl adjacent to an activating group) is 1. The average Bonchev–Trinajstić information content (AvgIpc) is 2.90. The number of phosphoric acid groups is 1. The van der Waals surface area contributed by atoms with E-state index in [9.17, 15) is 19.0 Å². The molecule has 41 heavy (non-hydrogen) atoms. The SMILES string of the molecule is CCCCCCCCCCCCC(=O)OCC(COP(=O)([O-])OCC[N+](C)(C)C)OC(=O)CCCCCCCCC. The van der Waals surface area contributed by atoms with E-state index in [1.165, 1.54) is 64.2 Å². The number of rotatable bonds is 29. The molecule has 0 fully saturated rings. The summed E-state index contributed by atoms with van der Waals surface area (Å²) < 4.78 is 33.4. The van der Waals surface area contributed by atoms with Crippen LogP contribution < -0.4 is 4.89 Å². The molecular weight excluding hydrogens is 545 g/mol. The van der Waals surface area contributed by atoms with Gasteiger partial charge in [0.1, 0.15) is 19.8 Å². The van der Waals surface area contributed by atoms with Crippen molar-refractivity contribution in [2.45, 2.75) is 142 Å². The summed E-state index contributed by atoms with van der Waals surface area (Å²) >= 11 is 0.